The lowest BCUT2D eigenvalue weighted by molar-refractivity contribution is 0.169. The molecule has 0 aliphatic heterocycles. The topological polar surface area (TPSA) is 38.5 Å². The lowest BCUT2D eigenvalue weighted by atomic mass is 10.0. The van der Waals surface area contributed by atoms with E-state index < -0.39 is 0 Å². The van der Waals surface area contributed by atoms with Crippen LogP contribution in [0.1, 0.15) is 51.6 Å². The fourth-order valence-corrected chi connectivity index (χ4v) is 2.83. The highest BCUT2D eigenvalue weighted by Gasteiger charge is 2.34. The molecule has 0 saturated heterocycles. The minimum absolute atomic E-state index is 0.333. The zero-order valence-corrected chi connectivity index (χ0v) is 13.7. The second-order valence-corrected chi connectivity index (χ2v) is 6.49. The largest absolute Gasteiger partial charge is 0.494 e. The van der Waals surface area contributed by atoms with Gasteiger partial charge >= 0.3 is 0 Å². The molecule has 2 rings (SSSR count). The summed E-state index contributed by atoms with van der Waals surface area (Å²) in [7, 11) is 0. The Bertz CT molecular complexity index is 412. The molecule has 0 heterocycles. The molecule has 1 fully saturated rings. The summed E-state index contributed by atoms with van der Waals surface area (Å²) in [6.45, 7) is 9.27. The van der Waals surface area contributed by atoms with Crippen molar-refractivity contribution in [1.29, 1.82) is 0 Å². The van der Waals surface area contributed by atoms with Crippen molar-refractivity contribution in [3.8, 4) is 5.75 Å². The molecule has 1 aromatic rings. The summed E-state index contributed by atoms with van der Waals surface area (Å²) in [5.41, 5.74) is 7.41. The maximum atomic E-state index is 6.09. The number of ether oxygens (including phenoxy) is 1. The summed E-state index contributed by atoms with van der Waals surface area (Å²) < 4.78 is 5.66. The quantitative estimate of drug-likeness (QED) is 0.755. The summed E-state index contributed by atoms with van der Waals surface area (Å²) in [6.07, 6.45) is 3.68. The zero-order valence-electron chi connectivity index (χ0n) is 13.7. The zero-order chi connectivity index (χ0) is 15.2. The highest BCUT2D eigenvalue weighted by molar-refractivity contribution is 5.29. The molecule has 3 nitrogen and oxygen atoms in total. The second-order valence-electron chi connectivity index (χ2n) is 6.49. The van der Waals surface area contributed by atoms with Gasteiger partial charge in [0.15, 0.2) is 0 Å². The smallest absolute Gasteiger partial charge is 0.119 e. The van der Waals surface area contributed by atoms with E-state index in [1.54, 1.807) is 0 Å². The minimum atomic E-state index is 0.333. The van der Waals surface area contributed by atoms with E-state index in [1.807, 2.05) is 0 Å². The average Bonchev–Trinajstić information content (AvgIpc) is 3.30. The van der Waals surface area contributed by atoms with E-state index in [0.717, 1.165) is 31.4 Å². The van der Waals surface area contributed by atoms with Crippen molar-refractivity contribution in [2.45, 2.75) is 52.1 Å². The highest BCUT2D eigenvalue weighted by Crippen LogP contribution is 2.35. The molecule has 0 bridgehead atoms. The van der Waals surface area contributed by atoms with Gasteiger partial charge in [0.2, 0.25) is 0 Å². The van der Waals surface area contributed by atoms with Gasteiger partial charge in [0.1, 0.15) is 5.75 Å². The Morgan fingerprint density at radius 1 is 1.24 bits per heavy atom. The molecule has 118 valence electrons. The first-order valence-electron chi connectivity index (χ1n) is 8.34. The summed E-state index contributed by atoms with van der Waals surface area (Å²) in [5.74, 6) is 1.63. The van der Waals surface area contributed by atoms with Gasteiger partial charge in [-0.15, -0.1) is 0 Å². The molecule has 0 aromatic heterocycles. The van der Waals surface area contributed by atoms with Gasteiger partial charge in [-0.25, -0.2) is 0 Å². The Balaban J connectivity index is 2.07. The molecule has 1 aromatic carbocycles. The summed E-state index contributed by atoms with van der Waals surface area (Å²) in [5, 5.41) is 0. The number of nitrogens with two attached hydrogens (primary N) is 1. The van der Waals surface area contributed by atoms with Crippen molar-refractivity contribution in [2.75, 3.05) is 19.7 Å². The summed E-state index contributed by atoms with van der Waals surface area (Å²) >= 11 is 0. The normalized spacial score (nSPS) is 16.5. The van der Waals surface area contributed by atoms with Gasteiger partial charge in [0, 0.05) is 25.2 Å². The maximum Gasteiger partial charge on any atom is 0.119 e. The van der Waals surface area contributed by atoms with Crippen LogP contribution in [0.4, 0.5) is 0 Å². The van der Waals surface area contributed by atoms with Crippen LogP contribution < -0.4 is 10.5 Å². The molecule has 1 aliphatic carbocycles. The Morgan fingerprint density at radius 3 is 2.38 bits per heavy atom. The van der Waals surface area contributed by atoms with Gasteiger partial charge in [0.25, 0.3) is 0 Å². The maximum absolute atomic E-state index is 6.09. The number of nitrogens with zero attached hydrogens (tertiary/aromatic N) is 1. The second kappa shape index (κ2) is 7.81. The molecular formula is C18H30N2O. The summed E-state index contributed by atoms with van der Waals surface area (Å²) in [4.78, 5) is 2.60. The average molecular weight is 290 g/mol. The van der Waals surface area contributed by atoms with Crippen LogP contribution in [0.15, 0.2) is 24.3 Å². The van der Waals surface area contributed by atoms with Gasteiger partial charge < -0.3 is 10.5 Å². The van der Waals surface area contributed by atoms with Crippen LogP contribution in [-0.2, 0) is 0 Å². The Labute approximate surface area is 129 Å². The van der Waals surface area contributed by atoms with Crippen LogP contribution in [0.3, 0.4) is 0 Å². The highest BCUT2D eigenvalue weighted by atomic mass is 16.5. The van der Waals surface area contributed by atoms with E-state index in [4.69, 9.17) is 10.5 Å². The first kappa shape index (κ1) is 16.3. The Kier molecular flexibility index (Phi) is 6.07. The van der Waals surface area contributed by atoms with Gasteiger partial charge in [-0.2, -0.15) is 0 Å². The van der Waals surface area contributed by atoms with Gasteiger partial charge in [-0.3, -0.25) is 4.90 Å². The molecule has 1 saturated carbocycles. The van der Waals surface area contributed by atoms with Crippen molar-refractivity contribution in [1.82, 2.24) is 4.90 Å². The molecule has 0 amide bonds. The van der Waals surface area contributed by atoms with Crippen LogP contribution in [0.2, 0.25) is 0 Å². The number of benzene rings is 1. The third-order valence-corrected chi connectivity index (χ3v) is 3.95. The van der Waals surface area contributed by atoms with Crippen LogP contribution in [0.25, 0.3) is 0 Å². The molecular weight excluding hydrogens is 260 g/mol. The predicted molar refractivity (Wildman–Crippen MR) is 88.6 cm³/mol. The first-order valence-corrected chi connectivity index (χ1v) is 8.34. The van der Waals surface area contributed by atoms with E-state index in [9.17, 15) is 0 Å². The standard InChI is InChI=1S/C18H30N2O/c1-4-11-21-17-9-5-15(6-10-17)18(12-19)20(13-14(2)3)16-7-8-16/h5-6,9-10,14,16,18H,4,7-8,11-13,19H2,1-3H3. The molecule has 0 spiro atoms. The molecule has 2 N–H and O–H groups in total. The SMILES string of the molecule is CCCOc1ccc(C(CN)N(CC(C)C)C2CC2)cc1. The molecule has 1 unspecified atom stereocenters. The fraction of sp³-hybridized carbons (Fsp3) is 0.667. The molecule has 0 radical (unpaired) electrons. The third-order valence-electron chi connectivity index (χ3n) is 3.95. The van der Waals surface area contributed by atoms with Gasteiger partial charge in [0.05, 0.1) is 6.61 Å². The minimum Gasteiger partial charge on any atom is -0.494 e. The van der Waals surface area contributed by atoms with Crippen LogP contribution in [-0.4, -0.2) is 30.6 Å². The first-order chi connectivity index (χ1) is 10.2. The van der Waals surface area contributed by atoms with E-state index in [1.165, 1.54) is 18.4 Å². The fourth-order valence-electron chi connectivity index (χ4n) is 2.83. The van der Waals surface area contributed by atoms with Gasteiger partial charge in [-0.1, -0.05) is 32.9 Å². The van der Waals surface area contributed by atoms with E-state index in [0.29, 0.717) is 18.5 Å². The molecule has 21 heavy (non-hydrogen) atoms. The molecule has 1 atom stereocenters. The summed E-state index contributed by atoms with van der Waals surface area (Å²) in [6, 6.07) is 9.58. The van der Waals surface area contributed by atoms with Crippen molar-refractivity contribution >= 4 is 0 Å². The van der Waals surface area contributed by atoms with Crippen LogP contribution >= 0.6 is 0 Å². The van der Waals surface area contributed by atoms with E-state index >= 15 is 0 Å². The predicted octanol–water partition coefficient (Wildman–Crippen LogP) is 3.60. The van der Waals surface area contributed by atoms with Crippen LogP contribution in [0, 0.1) is 5.92 Å². The number of hydrogen-bond donors (Lipinski definition) is 1. The lowest BCUT2D eigenvalue weighted by Gasteiger charge is -2.33. The molecule has 3 heteroatoms. The third kappa shape index (κ3) is 4.72. The Morgan fingerprint density at radius 2 is 1.90 bits per heavy atom. The number of hydrogen-bond acceptors (Lipinski definition) is 3. The number of rotatable bonds is 9. The van der Waals surface area contributed by atoms with E-state index in [2.05, 4.69) is 49.9 Å². The van der Waals surface area contributed by atoms with Crippen molar-refractivity contribution in [3.05, 3.63) is 29.8 Å². The Hall–Kier alpha value is -1.06. The van der Waals surface area contributed by atoms with Crippen molar-refractivity contribution < 1.29 is 4.74 Å². The van der Waals surface area contributed by atoms with Crippen LogP contribution in [0.5, 0.6) is 5.75 Å². The van der Waals surface area contributed by atoms with E-state index in [-0.39, 0.29) is 0 Å². The van der Waals surface area contributed by atoms with Crippen molar-refractivity contribution in [3.63, 3.8) is 0 Å². The monoisotopic (exact) mass is 290 g/mol. The molecule has 1 aliphatic rings. The van der Waals surface area contributed by atoms with Crippen molar-refractivity contribution in [2.24, 2.45) is 11.7 Å². The lowest BCUT2D eigenvalue weighted by Crippen LogP contribution is -2.38. The van der Waals surface area contributed by atoms with Gasteiger partial charge in [-0.05, 0) is 42.9 Å².